The second-order valence-electron chi connectivity index (χ2n) is 4.55. The number of carboxylic acid groups (broad SMARTS) is 1. The summed E-state index contributed by atoms with van der Waals surface area (Å²) in [7, 11) is 0. The van der Waals surface area contributed by atoms with Gasteiger partial charge in [-0.3, -0.25) is 9.59 Å². The molecule has 23 heavy (non-hydrogen) atoms. The fourth-order valence-electron chi connectivity index (χ4n) is 1.92. The molecule has 0 aliphatic rings. The molecule has 3 aromatic rings. The molecule has 2 heterocycles. The number of carbonyl (C=O) groups is 1. The third kappa shape index (κ3) is 3.54. The third-order valence-electron chi connectivity index (χ3n) is 2.88. The molecule has 0 saturated carbocycles. The average molecular weight is 368 g/mol. The van der Waals surface area contributed by atoms with E-state index in [1.165, 1.54) is 33.7 Å². The lowest BCUT2D eigenvalue weighted by atomic mass is 10.2. The first-order valence-corrected chi connectivity index (χ1v) is 8.84. The molecular formula is C14H10ClN3O3S2. The molecule has 0 unspecified atom stereocenters. The Morgan fingerprint density at radius 3 is 2.91 bits per heavy atom. The minimum atomic E-state index is -0.897. The summed E-state index contributed by atoms with van der Waals surface area (Å²) < 4.78 is 1.23. The summed E-state index contributed by atoms with van der Waals surface area (Å²) in [5, 5.41) is 14.1. The van der Waals surface area contributed by atoms with Gasteiger partial charge in [-0.05, 0) is 6.07 Å². The van der Waals surface area contributed by atoms with Crippen molar-refractivity contribution in [3.8, 4) is 10.6 Å². The molecule has 0 saturated heterocycles. The highest BCUT2D eigenvalue weighted by Crippen LogP contribution is 2.30. The molecule has 1 aromatic carbocycles. The Morgan fingerprint density at radius 2 is 2.17 bits per heavy atom. The minimum Gasteiger partial charge on any atom is -0.481 e. The van der Waals surface area contributed by atoms with E-state index in [0.29, 0.717) is 26.4 Å². The summed E-state index contributed by atoms with van der Waals surface area (Å²) in [6.45, 7) is 0. The van der Waals surface area contributed by atoms with E-state index >= 15 is 0 Å². The Hall–Kier alpha value is -1.90. The third-order valence-corrected chi connectivity index (χ3v) is 5.10. The molecule has 0 atom stereocenters. The molecule has 9 heteroatoms. The number of hydrogen-bond donors (Lipinski definition) is 1. The smallest absolute Gasteiger partial charge is 0.313 e. The summed E-state index contributed by atoms with van der Waals surface area (Å²) in [5.74, 6) is -0.571. The van der Waals surface area contributed by atoms with Crippen molar-refractivity contribution in [1.82, 2.24) is 14.6 Å². The standard InChI is InChI=1S/C14H10ClN3O3S2/c15-10-4-2-1-3-9(10)13-17-18-11(19)5-8(16-14(18)23-13)6-22-7-12(20)21/h1-5H,6-7H2,(H,20,21). The van der Waals surface area contributed by atoms with Gasteiger partial charge in [0.2, 0.25) is 4.96 Å². The predicted octanol–water partition coefficient (Wildman–Crippen LogP) is 2.79. The highest BCUT2D eigenvalue weighted by atomic mass is 35.5. The molecular weight excluding hydrogens is 358 g/mol. The lowest BCUT2D eigenvalue weighted by Crippen LogP contribution is -2.15. The number of thioether (sulfide) groups is 1. The van der Waals surface area contributed by atoms with Crippen molar-refractivity contribution in [3.63, 3.8) is 0 Å². The van der Waals surface area contributed by atoms with Gasteiger partial charge in [-0.25, -0.2) is 4.98 Å². The van der Waals surface area contributed by atoms with E-state index in [-0.39, 0.29) is 11.3 Å². The maximum absolute atomic E-state index is 12.1. The summed E-state index contributed by atoms with van der Waals surface area (Å²) in [6, 6.07) is 8.62. The Bertz CT molecular complexity index is 938. The highest BCUT2D eigenvalue weighted by molar-refractivity contribution is 7.99. The number of rotatable bonds is 5. The molecule has 118 valence electrons. The topological polar surface area (TPSA) is 84.6 Å². The SMILES string of the molecule is O=C(O)CSCc1cc(=O)n2nc(-c3ccccc3Cl)sc2n1. The number of fused-ring (bicyclic) bond motifs is 1. The van der Waals surface area contributed by atoms with Crippen LogP contribution in [0.5, 0.6) is 0 Å². The first kappa shape index (κ1) is 16.0. The fraction of sp³-hybridized carbons (Fsp3) is 0.143. The molecule has 2 aromatic heterocycles. The van der Waals surface area contributed by atoms with Crippen molar-refractivity contribution in [2.75, 3.05) is 5.75 Å². The molecule has 0 fully saturated rings. The lowest BCUT2D eigenvalue weighted by Gasteiger charge is -1.98. The predicted molar refractivity (Wildman–Crippen MR) is 91.4 cm³/mol. The van der Waals surface area contributed by atoms with Crippen LogP contribution >= 0.6 is 34.7 Å². The van der Waals surface area contributed by atoms with Gasteiger partial charge in [0.05, 0.1) is 16.5 Å². The van der Waals surface area contributed by atoms with Gasteiger partial charge in [0.25, 0.3) is 5.56 Å². The normalized spacial score (nSPS) is 11.0. The van der Waals surface area contributed by atoms with Gasteiger partial charge in [-0.15, -0.1) is 11.8 Å². The van der Waals surface area contributed by atoms with Gasteiger partial charge in [0.1, 0.15) is 5.01 Å². The molecule has 0 radical (unpaired) electrons. The van der Waals surface area contributed by atoms with Crippen LogP contribution in [0.2, 0.25) is 5.02 Å². The van der Waals surface area contributed by atoms with Crippen molar-refractivity contribution in [2.24, 2.45) is 0 Å². The fourth-order valence-corrected chi connectivity index (χ4v) is 3.80. The maximum Gasteiger partial charge on any atom is 0.313 e. The van der Waals surface area contributed by atoms with E-state index in [2.05, 4.69) is 10.1 Å². The van der Waals surface area contributed by atoms with Crippen molar-refractivity contribution in [1.29, 1.82) is 0 Å². The molecule has 0 aliphatic carbocycles. The highest BCUT2D eigenvalue weighted by Gasteiger charge is 2.12. The maximum atomic E-state index is 12.1. The van der Waals surface area contributed by atoms with Crippen LogP contribution in [0, 0.1) is 0 Å². The summed E-state index contributed by atoms with van der Waals surface area (Å²) >= 11 is 8.61. The van der Waals surface area contributed by atoms with Gasteiger partial charge in [0, 0.05) is 17.4 Å². The van der Waals surface area contributed by atoms with E-state index in [4.69, 9.17) is 16.7 Å². The molecule has 0 spiro atoms. The van der Waals surface area contributed by atoms with E-state index in [0.717, 1.165) is 5.56 Å². The van der Waals surface area contributed by atoms with Crippen LogP contribution < -0.4 is 5.56 Å². The van der Waals surface area contributed by atoms with Crippen molar-refractivity contribution >= 4 is 45.6 Å². The quantitative estimate of drug-likeness (QED) is 0.746. The Balaban J connectivity index is 1.97. The number of nitrogens with zero attached hydrogens (tertiary/aromatic N) is 3. The van der Waals surface area contributed by atoms with Gasteiger partial charge in [-0.1, -0.05) is 41.1 Å². The lowest BCUT2D eigenvalue weighted by molar-refractivity contribution is -0.133. The molecule has 0 amide bonds. The van der Waals surface area contributed by atoms with Gasteiger partial charge >= 0.3 is 5.97 Å². The Morgan fingerprint density at radius 1 is 1.39 bits per heavy atom. The van der Waals surface area contributed by atoms with E-state index in [9.17, 15) is 9.59 Å². The van der Waals surface area contributed by atoms with Crippen LogP contribution in [0.3, 0.4) is 0 Å². The van der Waals surface area contributed by atoms with Crippen LogP contribution in [-0.2, 0) is 10.5 Å². The number of hydrogen-bond acceptors (Lipinski definition) is 6. The first-order valence-electron chi connectivity index (χ1n) is 6.49. The van der Waals surface area contributed by atoms with Crippen LogP contribution in [0.15, 0.2) is 35.1 Å². The zero-order chi connectivity index (χ0) is 16.4. The molecule has 1 N–H and O–H groups in total. The first-order chi connectivity index (χ1) is 11.0. The second kappa shape index (κ2) is 6.69. The molecule has 3 rings (SSSR count). The molecule has 6 nitrogen and oxygen atoms in total. The van der Waals surface area contributed by atoms with E-state index in [1.807, 2.05) is 18.2 Å². The number of aromatic nitrogens is 3. The largest absolute Gasteiger partial charge is 0.481 e. The van der Waals surface area contributed by atoms with Crippen molar-refractivity contribution in [3.05, 3.63) is 51.4 Å². The molecule has 0 bridgehead atoms. The van der Waals surface area contributed by atoms with E-state index in [1.54, 1.807) is 6.07 Å². The monoisotopic (exact) mass is 367 g/mol. The van der Waals surface area contributed by atoms with Crippen LogP contribution in [-0.4, -0.2) is 31.4 Å². The summed E-state index contributed by atoms with van der Waals surface area (Å²) in [5.41, 5.74) is 0.983. The zero-order valence-electron chi connectivity index (χ0n) is 11.6. The summed E-state index contributed by atoms with van der Waals surface area (Å²) in [4.78, 5) is 27.5. The van der Waals surface area contributed by atoms with Crippen molar-refractivity contribution in [2.45, 2.75) is 5.75 Å². The summed E-state index contributed by atoms with van der Waals surface area (Å²) in [6.07, 6.45) is 0. The molecule has 0 aliphatic heterocycles. The van der Waals surface area contributed by atoms with Crippen LogP contribution in [0.25, 0.3) is 15.5 Å². The minimum absolute atomic E-state index is 0.0331. The second-order valence-corrected chi connectivity index (χ2v) is 6.90. The van der Waals surface area contributed by atoms with Crippen molar-refractivity contribution < 1.29 is 9.90 Å². The number of carboxylic acids is 1. The van der Waals surface area contributed by atoms with Gasteiger partial charge in [-0.2, -0.15) is 9.61 Å². The number of aliphatic carboxylic acids is 1. The number of benzene rings is 1. The van der Waals surface area contributed by atoms with Crippen LogP contribution in [0.1, 0.15) is 5.69 Å². The number of halogens is 1. The Kier molecular flexibility index (Phi) is 4.65. The Labute approximate surface area is 143 Å². The van der Waals surface area contributed by atoms with Gasteiger partial charge in [0.15, 0.2) is 0 Å². The van der Waals surface area contributed by atoms with Crippen LogP contribution in [0.4, 0.5) is 0 Å². The average Bonchev–Trinajstić information content (AvgIpc) is 2.91. The zero-order valence-corrected chi connectivity index (χ0v) is 14.0. The van der Waals surface area contributed by atoms with Gasteiger partial charge < -0.3 is 5.11 Å². The van der Waals surface area contributed by atoms with E-state index < -0.39 is 5.97 Å².